The predicted molar refractivity (Wildman–Crippen MR) is 115 cm³/mol. The normalized spacial score (nSPS) is 22.0. The van der Waals surface area contributed by atoms with Crippen molar-refractivity contribution >= 4 is 6.09 Å². The number of benzene rings is 2. The van der Waals surface area contributed by atoms with Gasteiger partial charge in [0.15, 0.2) is 0 Å². The van der Waals surface area contributed by atoms with Crippen LogP contribution >= 0.6 is 0 Å². The number of fused-ring (bicyclic) bond motifs is 1. The van der Waals surface area contributed by atoms with Crippen LogP contribution in [0.15, 0.2) is 66.7 Å². The van der Waals surface area contributed by atoms with Gasteiger partial charge in [0.1, 0.15) is 6.61 Å². The molecule has 3 aromatic rings. The van der Waals surface area contributed by atoms with Gasteiger partial charge in [0.25, 0.3) is 0 Å². The highest BCUT2D eigenvalue weighted by Crippen LogP contribution is 2.58. The molecule has 1 aliphatic carbocycles. The first-order valence-electron chi connectivity index (χ1n) is 10.8. The van der Waals surface area contributed by atoms with E-state index in [0.717, 1.165) is 31.6 Å². The van der Waals surface area contributed by atoms with Crippen molar-refractivity contribution in [1.29, 1.82) is 0 Å². The Kier molecular flexibility index (Phi) is 5.03. The van der Waals surface area contributed by atoms with Gasteiger partial charge in [-0.05, 0) is 36.0 Å². The maximum atomic E-state index is 12.4. The van der Waals surface area contributed by atoms with Crippen molar-refractivity contribution in [3.63, 3.8) is 0 Å². The van der Waals surface area contributed by atoms with Gasteiger partial charge in [-0.1, -0.05) is 60.7 Å². The summed E-state index contributed by atoms with van der Waals surface area (Å²) in [5, 5.41) is 4.90. The number of likely N-dealkylation sites (tertiary alicyclic amines) is 1. The van der Waals surface area contributed by atoms with Gasteiger partial charge in [-0.15, -0.1) is 0 Å². The van der Waals surface area contributed by atoms with E-state index in [1.54, 1.807) is 0 Å². The number of nitrogens with zero attached hydrogens (tertiary/aromatic N) is 3. The molecule has 5 rings (SSSR count). The van der Waals surface area contributed by atoms with Crippen molar-refractivity contribution in [3.05, 3.63) is 89.2 Å². The molecule has 0 bridgehead atoms. The zero-order chi connectivity index (χ0) is 20.5. The summed E-state index contributed by atoms with van der Waals surface area (Å²) in [4.78, 5) is 14.3. The van der Waals surface area contributed by atoms with E-state index in [2.05, 4.69) is 41.9 Å². The minimum atomic E-state index is -0.200. The first-order valence-corrected chi connectivity index (χ1v) is 10.8. The highest BCUT2D eigenvalue weighted by atomic mass is 16.6. The number of ether oxygens (including phenoxy) is 1. The Morgan fingerprint density at radius 2 is 1.63 bits per heavy atom. The van der Waals surface area contributed by atoms with Gasteiger partial charge in [0.2, 0.25) is 0 Å². The molecule has 1 amide bonds. The minimum Gasteiger partial charge on any atom is -0.445 e. The highest BCUT2D eigenvalue weighted by molar-refractivity contribution is 5.68. The standard InChI is InChI=1S/C25H27N3O2/c1-2-28-20(13-18-9-5-3-6-10-18)14-23(26-28)24-21-15-27(16-22(21)24)25(29)30-17-19-11-7-4-8-12-19/h3-12,14,21-22,24H,2,13,15-17H2,1H3/t21-,22+,24?. The van der Waals surface area contributed by atoms with Crippen LogP contribution in [0, 0.1) is 11.8 Å². The van der Waals surface area contributed by atoms with Crippen LogP contribution in [0.2, 0.25) is 0 Å². The number of piperidine rings is 1. The van der Waals surface area contributed by atoms with E-state index in [1.165, 1.54) is 17.0 Å². The van der Waals surface area contributed by atoms with Crippen LogP contribution in [0.3, 0.4) is 0 Å². The number of rotatable bonds is 6. The Bertz CT molecular complexity index is 1000. The molecule has 2 aliphatic rings. The molecule has 30 heavy (non-hydrogen) atoms. The minimum absolute atomic E-state index is 0.200. The fraction of sp³-hybridized carbons (Fsp3) is 0.360. The van der Waals surface area contributed by atoms with Crippen molar-refractivity contribution < 1.29 is 9.53 Å². The number of aryl methyl sites for hydroxylation is 1. The summed E-state index contributed by atoms with van der Waals surface area (Å²) in [5.74, 6) is 1.50. The van der Waals surface area contributed by atoms with Crippen LogP contribution in [-0.4, -0.2) is 33.9 Å². The molecule has 1 saturated heterocycles. The topological polar surface area (TPSA) is 47.4 Å². The second-order valence-electron chi connectivity index (χ2n) is 8.34. The van der Waals surface area contributed by atoms with E-state index >= 15 is 0 Å². The van der Waals surface area contributed by atoms with E-state index in [9.17, 15) is 4.79 Å². The van der Waals surface area contributed by atoms with Gasteiger partial charge in [0.05, 0.1) is 5.69 Å². The van der Waals surface area contributed by atoms with E-state index < -0.39 is 0 Å². The summed E-state index contributed by atoms with van der Waals surface area (Å²) in [7, 11) is 0. The average Bonchev–Trinajstić information content (AvgIpc) is 3.11. The molecule has 0 spiro atoms. The molecular weight excluding hydrogens is 374 g/mol. The quantitative estimate of drug-likeness (QED) is 0.612. The average molecular weight is 402 g/mol. The maximum Gasteiger partial charge on any atom is 0.410 e. The summed E-state index contributed by atoms with van der Waals surface area (Å²) >= 11 is 0. The van der Waals surface area contributed by atoms with Crippen molar-refractivity contribution in [2.45, 2.75) is 32.4 Å². The Morgan fingerprint density at radius 1 is 1.00 bits per heavy atom. The second-order valence-corrected chi connectivity index (χ2v) is 8.34. The van der Waals surface area contributed by atoms with Crippen molar-refractivity contribution in [2.24, 2.45) is 11.8 Å². The SMILES string of the molecule is CCn1nc(C2[C@H]3CN(C(=O)OCc4ccccc4)C[C@@H]23)cc1Cc1ccccc1. The van der Waals surface area contributed by atoms with E-state index in [4.69, 9.17) is 9.84 Å². The lowest BCUT2D eigenvalue weighted by Gasteiger charge is -2.19. The van der Waals surface area contributed by atoms with E-state index in [1.807, 2.05) is 41.3 Å². The Hall–Kier alpha value is -3.08. The zero-order valence-corrected chi connectivity index (χ0v) is 17.3. The van der Waals surface area contributed by atoms with Gasteiger partial charge < -0.3 is 9.64 Å². The number of hydrogen-bond acceptors (Lipinski definition) is 3. The number of carbonyl (C=O) groups excluding carboxylic acids is 1. The lowest BCUT2D eigenvalue weighted by atomic mass is 10.1. The third-order valence-corrected chi connectivity index (χ3v) is 6.41. The Morgan fingerprint density at radius 3 is 2.27 bits per heavy atom. The van der Waals surface area contributed by atoms with Crippen LogP contribution in [0.4, 0.5) is 4.79 Å². The van der Waals surface area contributed by atoms with Crippen molar-refractivity contribution in [1.82, 2.24) is 14.7 Å². The lowest BCUT2D eigenvalue weighted by Crippen LogP contribution is -2.31. The van der Waals surface area contributed by atoms with E-state index in [-0.39, 0.29) is 6.09 Å². The molecule has 1 aromatic heterocycles. The molecule has 1 unspecified atom stereocenters. The number of amides is 1. The van der Waals surface area contributed by atoms with Gasteiger partial charge >= 0.3 is 6.09 Å². The summed E-state index contributed by atoms with van der Waals surface area (Å²) in [6, 6.07) is 22.6. The molecule has 1 saturated carbocycles. The molecule has 2 heterocycles. The molecule has 3 atom stereocenters. The molecule has 5 nitrogen and oxygen atoms in total. The van der Waals surface area contributed by atoms with Gasteiger partial charge in [-0.3, -0.25) is 4.68 Å². The Balaban J connectivity index is 1.18. The second kappa shape index (κ2) is 7.98. The molecule has 2 fully saturated rings. The van der Waals surface area contributed by atoms with Crippen LogP contribution in [0.1, 0.15) is 35.4 Å². The molecule has 0 radical (unpaired) electrons. The van der Waals surface area contributed by atoms with Crippen LogP contribution in [0.25, 0.3) is 0 Å². The molecule has 5 heteroatoms. The highest BCUT2D eigenvalue weighted by Gasteiger charge is 2.58. The van der Waals surface area contributed by atoms with E-state index in [0.29, 0.717) is 24.4 Å². The van der Waals surface area contributed by atoms with Crippen molar-refractivity contribution in [2.75, 3.05) is 13.1 Å². The van der Waals surface area contributed by atoms with Crippen LogP contribution < -0.4 is 0 Å². The van der Waals surface area contributed by atoms with Crippen LogP contribution in [0.5, 0.6) is 0 Å². The number of hydrogen-bond donors (Lipinski definition) is 0. The molecule has 0 N–H and O–H groups in total. The summed E-state index contributed by atoms with van der Waals surface area (Å²) in [6.45, 7) is 4.90. The first-order chi connectivity index (χ1) is 14.7. The summed E-state index contributed by atoms with van der Waals surface area (Å²) in [6.07, 6.45) is 0.704. The Labute approximate surface area is 177 Å². The molecular formula is C25H27N3O2. The first kappa shape index (κ1) is 18.9. The predicted octanol–water partition coefficient (Wildman–Crippen LogP) is 4.48. The number of carbonyl (C=O) groups is 1. The zero-order valence-electron chi connectivity index (χ0n) is 17.3. The molecule has 1 aliphatic heterocycles. The fourth-order valence-corrected chi connectivity index (χ4v) is 4.79. The third kappa shape index (κ3) is 3.72. The fourth-order valence-electron chi connectivity index (χ4n) is 4.79. The summed E-state index contributed by atoms with van der Waals surface area (Å²) in [5.41, 5.74) is 4.78. The van der Waals surface area contributed by atoms with Gasteiger partial charge in [-0.2, -0.15) is 5.10 Å². The van der Waals surface area contributed by atoms with Crippen LogP contribution in [-0.2, 0) is 24.3 Å². The number of aromatic nitrogens is 2. The van der Waals surface area contributed by atoms with Gasteiger partial charge in [-0.25, -0.2) is 4.79 Å². The van der Waals surface area contributed by atoms with Gasteiger partial charge in [0, 0.05) is 37.7 Å². The summed E-state index contributed by atoms with van der Waals surface area (Å²) < 4.78 is 7.62. The lowest BCUT2D eigenvalue weighted by molar-refractivity contribution is 0.0997. The maximum absolute atomic E-state index is 12.4. The monoisotopic (exact) mass is 401 g/mol. The third-order valence-electron chi connectivity index (χ3n) is 6.41. The molecule has 2 aromatic carbocycles. The van der Waals surface area contributed by atoms with Crippen molar-refractivity contribution in [3.8, 4) is 0 Å². The molecule has 154 valence electrons. The largest absolute Gasteiger partial charge is 0.445 e. The smallest absolute Gasteiger partial charge is 0.410 e.